The van der Waals surface area contributed by atoms with Crippen molar-refractivity contribution in [1.82, 2.24) is 9.88 Å². The smallest absolute Gasteiger partial charge is 0.350 e. The van der Waals surface area contributed by atoms with Gasteiger partial charge in [0.25, 0.3) is 11.8 Å². The summed E-state index contributed by atoms with van der Waals surface area (Å²) in [6, 6.07) is 12.7. The molecule has 2 aromatic carbocycles. The van der Waals surface area contributed by atoms with Gasteiger partial charge in [0.2, 0.25) is 0 Å². The van der Waals surface area contributed by atoms with Gasteiger partial charge in [0.1, 0.15) is 15.7 Å². The molecule has 0 radical (unpaired) electrons. The molecule has 1 aromatic heterocycles. The van der Waals surface area contributed by atoms with E-state index >= 15 is 0 Å². The summed E-state index contributed by atoms with van der Waals surface area (Å²) in [5, 5.41) is 0.620. The van der Waals surface area contributed by atoms with Crippen LogP contribution in [0.5, 0.6) is 0 Å². The minimum absolute atomic E-state index is 0.172. The average Bonchev–Trinajstić information content (AvgIpc) is 3.27. The van der Waals surface area contributed by atoms with Gasteiger partial charge < -0.3 is 4.74 Å². The predicted octanol–water partition coefficient (Wildman–Crippen LogP) is 4.49. The number of halogens is 1. The molecule has 0 aliphatic carbocycles. The maximum atomic E-state index is 13.1. The number of aromatic nitrogens is 1. The van der Waals surface area contributed by atoms with Gasteiger partial charge in [-0.05, 0) is 56.2 Å². The first-order valence-electron chi connectivity index (χ1n) is 9.81. The first-order chi connectivity index (χ1) is 15.0. The molecule has 0 spiro atoms. The van der Waals surface area contributed by atoms with Crippen LogP contribution < -0.4 is 0 Å². The van der Waals surface area contributed by atoms with Crippen LogP contribution in [0.3, 0.4) is 0 Å². The molecular weight excluding hydrogens is 419 g/mol. The highest BCUT2D eigenvalue weighted by Gasteiger charge is 2.34. The van der Waals surface area contributed by atoms with Crippen LogP contribution in [0.4, 0.5) is 4.39 Å². The predicted molar refractivity (Wildman–Crippen MR) is 114 cm³/mol. The number of esters is 1. The van der Waals surface area contributed by atoms with Crippen LogP contribution in [0.15, 0.2) is 48.5 Å². The minimum Gasteiger partial charge on any atom is -0.461 e. The summed E-state index contributed by atoms with van der Waals surface area (Å²) in [5.74, 6) is -1.38. The lowest BCUT2D eigenvalue weighted by atomic mass is 10.1. The van der Waals surface area contributed by atoms with Crippen molar-refractivity contribution in [3.05, 3.63) is 76.0 Å². The Morgan fingerprint density at radius 1 is 1.03 bits per heavy atom. The molecule has 31 heavy (non-hydrogen) atoms. The Hall–Kier alpha value is -3.39. The number of amides is 2. The zero-order valence-corrected chi connectivity index (χ0v) is 17.6. The van der Waals surface area contributed by atoms with Gasteiger partial charge in [0, 0.05) is 12.1 Å². The molecular formula is C23H19FN2O4S. The Labute approximate surface area is 182 Å². The van der Waals surface area contributed by atoms with E-state index in [1.165, 1.54) is 28.4 Å². The van der Waals surface area contributed by atoms with Crippen LogP contribution >= 0.6 is 11.3 Å². The molecule has 2 amide bonds. The van der Waals surface area contributed by atoms with Crippen LogP contribution in [-0.4, -0.2) is 40.8 Å². The van der Waals surface area contributed by atoms with Crippen LogP contribution in [-0.2, 0) is 4.74 Å². The highest BCUT2D eigenvalue weighted by molar-refractivity contribution is 7.17. The number of ether oxygens (including phenoxy) is 1. The number of imide groups is 1. The second kappa shape index (κ2) is 8.77. The normalized spacial score (nSPS) is 12.9. The molecule has 3 aromatic rings. The van der Waals surface area contributed by atoms with Crippen molar-refractivity contribution in [3.63, 3.8) is 0 Å². The van der Waals surface area contributed by atoms with Crippen LogP contribution in [0, 0.1) is 12.7 Å². The van der Waals surface area contributed by atoms with Crippen molar-refractivity contribution in [2.24, 2.45) is 0 Å². The summed E-state index contributed by atoms with van der Waals surface area (Å²) >= 11 is 1.20. The third-order valence-electron chi connectivity index (χ3n) is 4.96. The maximum absolute atomic E-state index is 13.1. The number of hydrogen-bond acceptors (Lipinski definition) is 6. The number of fused-ring (bicyclic) bond motifs is 1. The molecule has 158 valence electrons. The van der Waals surface area contributed by atoms with E-state index in [2.05, 4.69) is 4.98 Å². The second-order valence-electron chi connectivity index (χ2n) is 7.09. The second-order valence-corrected chi connectivity index (χ2v) is 8.09. The fraction of sp³-hybridized carbons (Fsp3) is 0.217. The van der Waals surface area contributed by atoms with Gasteiger partial charge in [-0.3, -0.25) is 14.5 Å². The monoisotopic (exact) mass is 438 g/mol. The fourth-order valence-corrected chi connectivity index (χ4v) is 4.31. The molecule has 8 heteroatoms. The lowest BCUT2D eigenvalue weighted by Gasteiger charge is -2.13. The number of carbonyl (C=O) groups excluding carboxylic acids is 3. The van der Waals surface area contributed by atoms with E-state index in [-0.39, 0.29) is 30.8 Å². The van der Waals surface area contributed by atoms with Gasteiger partial charge in [0.15, 0.2) is 0 Å². The highest BCUT2D eigenvalue weighted by atomic mass is 32.1. The molecule has 1 aliphatic rings. The third kappa shape index (κ3) is 4.25. The molecule has 0 atom stereocenters. The molecule has 0 unspecified atom stereocenters. The van der Waals surface area contributed by atoms with Gasteiger partial charge in [-0.15, -0.1) is 11.3 Å². The SMILES string of the molecule is Cc1nc(-c2ccc(F)cc2)sc1C(=O)OCCCCN1C(=O)c2ccccc2C1=O. The van der Waals surface area contributed by atoms with Gasteiger partial charge in [0.05, 0.1) is 23.4 Å². The summed E-state index contributed by atoms with van der Waals surface area (Å²) < 4.78 is 18.4. The van der Waals surface area contributed by atoms with Gasteiger partial charge in [-0.25, -0.2) is 14.2 Å². The van der Waals surface area contributed by atoms with Crippen LogP contribution in [0.2, 0.25) is 0 Å². The van der Waals surface area contributed by atoms with Crippen molar-refractivity contribution in [2.45, 2.75) is 19.8 Å². The van der Waals surface area contributed by atoms with E-state index in [0.29, 0.717) is 39.5 Å². The standard InChI is InChI=1S/C23H19FN2O4S/c1-14-19(31-20(25-14)15-8-10-16(24)11-9-15)23(29)30-13-5-4-12-26-21(27)17-6-2-3-7-18(17)22(26)28/h2-3,6-11H,4-5,12-13H2,1H3. The number of benzene rings is 2. The number of aryl methyl sites for hydroxylation is 1. The number of carbonyl (C=O) groups is 3. The molecule has 0 saturated heterocycles. The number of thiazole rings is 1. The summed E-state index contributed by atoms with van der Waals surface area (Å²) in [6.07, 6.45) is 1.04. The summed E-state index contributed by atoms with van der Waals surface area (Å²) in [6.45, 7) is 2.17. The van der Waals surface area contributed by atoms with Crippen LogP contribution in [0.1, 0.15) is 48.9 Å². The number of hydrogen-bond donors (Lipinski definition) is 0. The molecule has 0 bridgehead atoms. The van der Waals surface area contributed by atoms with E-state index in [1.807, 2.05) is 0 Å². The largest absolute Gasteiger partial charge is 0.461 e. The van der Waals surface area contributed by atoms with Crippen molar-refractivity contribution in [2.75, 3.05) is 13.2 Å². The molecule has 0 saturated carbocycles. The van der Waals surface area contributed by atoms with Crippen molar-refractivity contribution in [3.8, 4) is 10.6 Å². The summed E-state index contributed by atoms with van der Waals surface area (Å²) in [5.41, 5.74) is 2.14. The van der Waals surface area contributed by atoms with Gasteiger partial charge >= 0.3 is 5.97 Å². The zero-order chi connectivity index (χ0) is 22.0. The minimum atomic E-state index is -0.468. The zero-order valence-electron chi connectivity index (χ0n) is 16.8. The van der Waals surface area contributed by atoms with Gasteiger partial charge in [-0.2, -0.15) is 0 Å². The van der Waals surface area contributed by atoms with Crippen molar-refractivity contribution < 1.29 is 23.5 Å². The molecule has 0 fully saturated rings. The Bertz CT molecular complexity index is 1120. The fourth-order valence-electron chi connectivity index (χ4n) is 3.35. The third-order valence-corrected chi connectivity index (χ3v) is 6.15. The number of nitrogens with zero attached hydrogens (tertiary/aromatic N) is 2. The lowest BCUT2D eigenvalue weighted by Crippen LogP contribution is -2.30. The number of unbranched alkanes of at least 4 members (excludes halogenated alkanes) is 1. The summed E-state index contributed by atoms with van der Waals surface area (Å²) in [4.78, 5) is 43.1. The molecule has 6 nitrogen and oxygen atoms in total. The van der Waals surface area contributed by atoms with Crippen molar-refractivity contribution in [1.29, 1.82) is 0 Å². The Kier molecular flexibility index (Phi) is 5.90. The molecule has 1 aliphatic heterocycles. The highest BCUT2D eigenvalue weighted by Crippen LogP contribution is 2.28. The molecule has 0 N–H and O–H groups in total. The topological polar surface area (TPSA) is 76.6 Å². The van der Waals surface area contributed by atoms with Crippen LogP contribution in [0.25, 0.3) is 10.6 Å². The van der Waals surface area contributed by atoms with E-state index in [1.54, 1.807) is 43.3 Å². The van der Waals surface area contributed by atoms with E-state index in [4.69, 9.17) is 4.74 Å². The van der Waals surface area contributed by atoms with Gasteiger partial charge in [-0.1, -0.05) is 12.1 Å². The number of rotatable bonds is 7. The van der Waals surface area contributed by atoms with E-state index < -0.39 is 5.97 Å². The van der Waals surface area contributed by atoms with E-state index in [9.17, 15) is 18.8 Å². The first kappa shape index (κ1) is 20.9. The molecule has 2 heterocycles. The average molecular weight is 438 g/mol. The first-order valence-corrected chi connectivity index (χ1v) is 10.6. The maximum Gasteiger partial charge on any atom is 0.350 e. The van der Waals surface area contributed by atoms with E-state index in [0.717, 1.165) is 5.56 Å². The Morgan fingerprint density at radius 3 is 2.32 bits per heavy atom. The lowest BCUT2D eigenvalue weighted by molar-refractivity contribution is 0.0490. The summed E-state index contributed by atoms with van der Waals surface area (Å²) in [7, 11) is 0. The quantitative estimate of drug-likeness (QED) is 0.309. The molecule has 4 rings (SSSR count). The Balaban J connectivity index is 1.27. The Morgan fingerprint density at radius 2 is 1.68 bits per heavy atom. The van der Waals surface area contributed by atoms with Crippen molar-refractivity contribution >= 4 is 29.1 Å².